The van der Waals surface area contributed by atoms with Gasteiger partial charge in [-0.2, -0.15) is 0 Å². The maximum absolute atomic E-state index is 12.8. The molecule has 0 radical (unpaired) electrons. The third-order valence-corrected chi connectivity index (χ3v) is 6.40. The van der Waals surface area contributed by atoms with Crippen molar-refractivity contribution < 1.29 is 19.4 Å². The van der Waals surface area contributed by atoms with Gasteiger partial charge in [-0.3, -0.25) is 9.59 Å². The van der Waals surface area contributed by atoms with Crippen LogP contribution < -0.4 is 5.32 Å². The first-order chi connectivity index (χ1) is 13.6. The van der Waals surface area contributed by atoms with Gasteiger partial charge in [0.1, 0.15) is 0 Å². The molecule has 2 N–H and O–H groups in total. The summed E-state index contributed by atoms with van der Waals surface area (Å²) in [6, 6.07) is 14.2. The Kier molecular flexibility index (Phi) is 4.14. The van der Waals surface area contributed by atoms with Crippen molar-refractivity contribution in [2.45, 2.75) is 25.0 Å². The maximum Gasteiger partial charge on any atom is 0.310 e. The number of rotatable bonds is 4. The third kappa shape index (κ3) is 2.87. The Labute approximate surface area is 165 Å². The second-order valence-electron chi connectivity index (χ2n) is 7.27. The zero-order valence-electron chi connectivity index (χ0n) is 14.9. The molecule has 7 heteroatoms. The predicted molar refractivity (Wildman–Crippen MR) is 106 cm³/mol. The fourth-order valence-corrected chi connectivity index (χ4v) is 5.05. The molecular weight excluding hydrogens is 376 g/mol. The minimum atomic E-state index is -0.969. The molecular formula is C21H18N2O4S. The second-order valence-corrected chi connectivity index (χ2v) is 8.13. The van der Waals surface area contributed by atoms with E-state index in [0.29, 0.717) is 11.6 Å². The Hall–Kier alpha value is -2.77. The third-order valence-electron chi connectivity index (χ3n) is 5.64. The van der Waals surface area contributed by atoms with Gasteiger partial charge in [0, 0.05) is 10.9 Å². The van der Waals surface area contributed by atoms with E-state index in [4.69, 9.17) is 4.74 Å². The van der Waals surface area contributed by atoms with Gasteiger partial charge in [-0.25, -0.2) is 4.98 Å². The number of carbonyl (C=O) groups is 2. The molecule has 3 aromatic rings. The van der Waals surface area contributed by atoms with Crippen molar-refractivity contribution >= 4 is 39.1 Å². The number of fused-ring (bicyclic) bond motifs is 3. The topological polar surface area (TPSA) is 88.5 Å². The number of hydrogen-bond acceptors (Lipinski definition) is 5. The SMILES string of the molecule is O=C(Nc1nc(-c2ccc3ccccc3c2)cs1)[C@@H]1[C@H](C(=O)O)[C@H]2CC[C@H]1O2. The molecule has 1 amide bonds. The number of carbonyl (C=O) groups excluding carboxylic acids is 1. The normalized spacial score (nSPS) is 25.9. The number of carboxylic acid groups (broad SMARTS) is 1. The minimum absolute atomic E-state index is 0.314. The zero-order chi connectivity index (χ0) is 19.3. The summed E-state index contributed by atoms with van der Waals surface area (Å²) >= 11 is 1.34. The molecule has 2 aliphatic rings. The van der Waals surface area contributed by atoms with E-state index in [0.717, 1.165) is 28.5 Å². The van der Waals surface area contributed by atoms with E-state index in [9.17, 15) is 14.7 Å². The highest BCUT2D eigenvalue weighted by atomic mass is 32.1. The molecule has 2 bridgehead atoms. The van der Waals surface area contributed by atoms with E-state index >= 15 is 0 Å². The van der Waals surface area contributed by atoms with E-state index in [-0.39, 0.29) is 18.1 Å². The van der Waals surface area contributed by atoms with Gasteiger partial charge in [0.15, 0.2) is 5.13 Å². The number of aromatic nitrogens is 1. The highest BCUT2D eigenvalue weighted by Gasteiger charge is 2.55. The van der Waals surface area contributed by atoms with Crippen molar-refractivity contribution in [2.75, 3.05) is 5.32 Å². The molecule has 0 aliphatic carbocycles. The number of amides is 1. The van der Waals surface area contributed by atoms with Crippen molar-refractivity contribution in [2.24, 2.45) is 11.8 Å². The number of thiazole rings is 1. The van der Waals surface area contributed by atoms with Gasteiger partial charge in [-0.05, 0) is 29.7 Å². The maximum atomic E-state index is 12.8. The Bertz CT molecular complexity index is 1080. The molecule has 6 nitrogen and oxygen atoms in total. The van der Waals surface area contributed by atoms with Gasteiger partial charge in [0.05, 0.1) is 29.7 Å². The number of nitrogens with one attached hydrogen (secondary N) is 1. The van der Waals surface area contributed by atoms with Crippen LogP contribution in [0.2, 0.25) is 0 Å². The standard InChI is InChI=1S/C21H18N2O4S/c24-19(17-15-7-8-16(27-15)18(17)20(25)26)23-21-22-14(10-28-21)13-6-5-11-3-1-2-4-12(11)9-13/h1-6,9-10,15-18H,7-8H2,(H,25,26)(H,22,23,24)/t15-,16-,17+,18-/m1/s1. The Morgan fingerprint density at radius 2 is 1.82 bits per heavy atom. The van der Waals surface area contributed by atoms with Gasteiger partial charge in [0.25, 0.3) is 0 Å². The Morgan fingerprint density at radius 1 is 1.07 bits per heavy atom. The van der Waals surface area contributed by atoms with Gasteiger partial charge < -0.3 is 15.2 Å². The van der Waals surface area contributed by atoms with E-state index in [1.807, 2.05) is 29.6 Å². The lowest BCUT2D eigenvalue weighted by Crippen LogP contribution is -2.40. The quantitative estimate of drug-likeness (QED) is 0.703. The fourth-order valence-electron chi connectivity index (χ4n) is 4.33. The van der Waals surface area contributed by atoms with E-state index in [1.165, 1.54) is 11.3 Å². The van der Waals surface area contributed by atoms with Crippen LogP contribution in [0.15, 0.2) is 47.8 Å². The minimum Gasteiger partial charge on any atom is -0.481 e. The van der Waals surface area contributed by atoms with Crippen molar-refractivity contribution in [3.05, 3.63) is 47.8 Å². The monoisotopic (exact) mass is 394 g/mol. The average molecular weight is 394 g/mol. The van der Waals surface area contributed by atoms with E-state index in [2.05, 4.69) is 28.5 Å². The molecule has 5 rings (SSSR count). The molecule has 0 unspecified atom stereocenters. The van der Waals surface area contributed by atoms with Crippen LogP contribution >= 0.6 is 11.3 Å². The lowest BCUT2D eigenvalue weighted by molar-refractivity contribution is -0.147. The van der Waals surface area contributed by atoms with Gasteiger partial charge in [-0.1, -0.05) is 36.4 Å². The van der Waals surface area contributed by atoms with Crippen molar-refractivity contribution in [1.29, 1.82) is 0 Å². The molecule has 142 valence electrons. The van der Waals surface area contributed by atoms with Crippen LogP contribution in [0.25, 0.3) is 22.0 Å². The summed E-state index contributed by atoms with van der Waals surface area (Å²) in [6.07, 6.45) is 0.760. The Morgan fingerprint density at radius 3 is 2.61 bits per heavy atom. The summed E-state index contributed by atoms with van der Waals surface area (Å²) in [5, 5.41) is 16.9. The molecule has 4 atom stereocenters. The summed E-state index contributed by atoms with van der Waals surface area (Å²) in [6.45, 7) is 0. The summed E-state index contributed by atoms with van der Waals surface area (Å²) in [5.74, 6) is -2.73. The molecule has 1 aromatic heterocycles. The number of hydrogen-bond donors (Lipinski definition) is 2. The number of nitrogens with zero attached hydrogens (tertiary/aromatic N) is 1. The number of anilines is 1. The zero-order valence-corrected chi connectivity index (χ0v) is 15.7. The Balaban J connectivity index is 1.36. The van der Waals surface area contributed by atoms with Crippen LogP contribution in [0.4, 0.5) is 5.13 Å². The van der Waals surface area contributed by atoms with Crippen LogP contribution in [-0.2, 0) is 14.3 Å². The van der Waals surface area contributed by atoms with Crippen molar-refractivity contribution in [3.8, 4) is 11.3 Å². The summed E-state index contributed by atoms with van der Waals surface area (Å²) in [7, 11) is 0. The molecule has 28 heavy (non-hydrogen) atoms. The van der Waals surface area contributed by atoms with Crippen LogP contribution in [0, 0.1) is 11.8 Å². The first-order valence-electron chi connectivity index (χ1n) is 9.24. The average Bonchev–Trinajstić information content (AvgIpc) is 3.43. The second kappa shape index (κ2) is 6.68. The first-order valence-corrected chi connectivity index (χ1v) is 10.1. The summed E-state index contributed by atoms with van der Waals surface area (Å²) in [5.41, 5.74) is 1.76. The number of aliphatic carboxylic acids is 1. The smallest absolute Gasteiger partial charge is 0.310 e. The number of benzene rings is 2. The summed E-state index contributed by atoms with van der Waals surface area (Å²) < 4.78 is 5.67. The van der Waals surface area contributed by atoms with Gasteiger partial charge in [-0.15, -0.1) is 11.3 Å². The molecule has 2 aromatic carbocycles. The van der Waals surface area contributed by atoms with Crippen molar-refractivity contribution in [1.82, 2.24) is 4.98 Å². The molecule has 3 heterocycles. The van der Waals surface area contributed by atoms with Crippen molar-refractivity contribution in [3.63, 3.8) is 0 Å². The molecule has 0 saturated carbocycles. The fraction of sp³-hybridized carbons (Fsp3) is 0.286. The van der Waals surface area contributed by atoms with Crippen LogP contribution in [0.1, 0.15) is 12.8 Å². The highest BCUT2D eigenvalue weighted by molar-refractivity contribution is 7.14. The van der Waals surface area contributed by atoms with Gasteiger partial charge in [0.2, 0.25) is 5.91 Å². The van der Waals surface area contributed by atoms with E-state index < -0.39 is 17.8 Å². The molecule has 0 spiro atoms. The summed E-state index contributed by atoms with van der Waals surface area (Å²) in [4.78, 5) is 28.9. The number of ether oxygens (including phenoxy) is 1. The van der Waals surface area contributed by atoms with Crippen LogP contribution in [-0.4, -0.2) is 34.2 Å². The highest BCUT2D eigenvalue weighted by Crippen LogP contribution is 2.44. The predicted octanol–water partition coefficient (Wildman–Crippen LogP) is 3.78. The largest absolute Gasteiger partial charge is 0.481 e. The lowest BCUT2D eigenvalue weighted by Gasteiger charge is -2.23. The first kappa shape index (κ1) is 17.3. The number of carboxylic acids is 1. The molecule has 2 aliphatic heterocycles. The van der Waals surface area contributed by atoms with E-state index in [1.54, 1.807) is 0 Å². The lowest BCUT2D eigenvalue weighted by atomic mass is 9.79. The van der Waals surface area contributed by atoms with Gasteiger partial charge >= 0.3 is 5.97 Å². The molecule has 2 saturated heterocycles. The molecule has 2 fully saturated rings. The van der Waals surface area contributed by atoms with Crippen LogP contribution in [0.3, 0.4) is 0 Å². The van der Waals surface area contributed by atoms with Crippen LogP contribution in [0.5, 0.6) is 0 Å².